The van der Waals surface area contributed by atoms with E-state index in [1.807, 2.05) is 42.5 Å². The Hall–Kier alpha value is -2.35. The van der Waals surface area contributed by atoms with Gasteiger partial charge in [-0.15, -0.1) is 0 Å². The first-order chi connectivity index (χ1) is 9.34. The Morgan fingerprint density at radius 2 is 1.58 bits per heavy atom. The zero-order valence-corrected chi connectivity index (χ0v) is 10.3. The van der Waals surface area contributed by atoms with Gasteiger partial charge in [0.05, 0.1) is 5.39 Å². The zero-order chi connectivity index (χ0) is 12.8. The number of hydrogen-bond donors (Lipinski definition) is 0. The number of rotatable bonds is 0. The highest BCUT2D eigenvalue weighted by Gasteiger charge is 2.21. The van der Waals surface area contributed by atoms with Crippen LogP contribution in [-0.4, -0.2) is 0 Å². The van der Waals surface area contributed by atoms with E-state index in [0.717, 1.165) is 35.1 Å². The summed E-state index contributed by atoms with van der Waals surface area (Å²) in [6.07, 6.45) is 1.93. The van der Waals surface area contributed by atoms with Crippen LogP contribution in [0.15, 0.2) is 57.7 Å². The maximum atomic E-state index is 12.1. The standard InChI is InChI=1S/C17H12O2/c18-17-15-8-4-3-7-13(15)14-10-9-11-5-1-2-6-12(11)16(14)19-17/h1-8H,9-10H2. The van der Waals surface area contributed by atoms with Gasteiger partial charge in [0, 0.05) is 11.1 Å². The Morgan fingerprint density at radius 3 is 2.47 bits per heavy atom. The molecule has 0 N–H and O–H groups in total. The summed E-state index contributed by atoms with van der Waals surface area (Å²) in [5.74, 6) is 0.755. The minimum atomic E-state index is -0.244. The molecule has 0 unspecified atom stereocenters. The van der Waals surface area contributed by atoms with Crippen molar-refractivity contribution in [1.29, 1.82) is 0 Å². The van der Waals surface area contributed by atoms with Gasteiger partial charge in [0.15, 0.2) is 0 Å². The van der Waals surface area contributed by atoms with Crippen LogP contribution in [-0.2, 0) is 12.8 Å². The van der Waals surface area contributed by atoms with Crippen molar-refractivity contribution in [3.63, 3.8) is 0 Å². The molecule has 2 heteroatoms. The molecule has 92 valence electrons. The van der Waals surface area contributed by atoms with E-state index < -0.39 is 0 Å². The van der Waals surface area contributed by atoms with Crippen molar-refractivity contribution >= 4 is 10.8 Å². The molecule has 0 spiro atoms. The Kier molecular flexibility index (Phi) is 2.12. The van der Waals surface area contributed by atoms with Gasteiger partial charge in [-0.2, -0.15) is 0 Å². The molecule has 3 aromatic rings. The molecule has 0 bridgehead atoms. The number of hydrogen-bond acceptors (Lipinski definition) is 2. The summed E-state index contributed by atoms with van der Waals surface area (Å²) in [7, 11) is 0. The van der Waals surface area contributed by atoms with Gasteiger partial charge in [0.1, 0.15) is 5.76 Å². The minimum absolute atomic E-state index is 0.244. The van der Waals surface area contributed by atoms with E-state index in [4.69, 9.17) is 4.42 Å². The molecule has 0 fully saturated rings. The first kappa shape index (κ1) is 10.6. The number of benzene rings is 2. The summed E-state index contributed by atoms with van der Waals surface area (Å²) in [5.41, 5.74) is 3.24. The van der Waals surface area contributed by atoms with Crippen molar-refractivity contribution in [2.75, 3.05) is 0 Å². The van der Waals surface area contributed by atoms with Crippen LogP contribution < -0.4 is 5.63 Å². The Balaban J connectivity index is 2.16. The first-order valence-corrected chi connectivity index (χ1v) is 6.47. The highest BCUT2D eigenvalue weighted by Crippen LogP contribution is 2.35. The second-order valence-electron chi connectivity index (χ2n) is 4.90. The largest absolute Gasteiger partial charge is 0.422 e. The zero-order valence-electron chi connectivity index (χ0n) is 10.3. The second kappa shape index (κ2) is 3.82. The fraction of sp³-hybridized carbons (Fsp3) is 0.118. The van der Waals surface area contributed by atoms with E-state index in [0.29, 0.717) is 5.39 Å². The quantitative estimate of drug-likeness (QED) is 0.609. The van der Waals surface area contributed by atoms with Gasteiger partial charge in [0.25, 0.3) is 0 Å². The van der Waals surface area contributed by atoms with Crippen LogP contribution in [0.3, 0.4) is 0 Å². The molecule has 0 atom stereocenters. The van der Waals surface area contributed by atoms with E-state index in [1.54, 1.807) is 0 Å². The van der Waals surface area contributed by atoms with Crippen LogP contribution in [0.5, 0.6) is 0 Å². The van der Waals surface area contributed by atoms with Crippen molar-refractivity contribution in [3.05, 3.63) is 70.1 Å². The van der Waals surface area contributed by atoms with Gasteiger partial charge in [-0.05, 0) is 29.9 Å². The third-order valence-electron chi connectivity index (χ3n) is 3.85. The third kappa shape index (κ3) is 1.46. The summed E-state index contributed by atoms with van der Waals surface area (Å²) in [6.45, 7) is 0. The Morgan fingerprint density at radius 1 is 0.842 bits per heavy atom. The average Bonchev–Trinajstić information content (AvgIpc) is 2.47. The number of fused-ring (bicyclic) bond motifs is 5. The van der Waals surface area contributed by atoms with Crippen LogP contribution in [0.1, 0.15) is 11.1 Å². The van der Waals surface area contributed by atoms with Gasteiger partial charge >= 0.3 is 5.63 Å². The van der Waals surface area contributed by atoms with E-state index in [1.165, 1.54) is 5.56 Å². The second-order valence-corrected chi connectivity index (χ2v) is 4.90. The molecular weight excluding hydrogens is 236 g/mol. The molecule has 0 saturated carbocycles. The van der Waals surface area contributed by atoms with Crippen LogP contribution in [0.2, 0.25) is 0 Å². The molecule has 1 aliphatic rings. The summed E-state index contributed by atoms with van der Waals surface area (Å²) >= 11 is 0. The summed E-state index contributed by atoms with van der Waals surface area (Å²) < 4.78 is 5.58. The monoisotopic (exact) mass is 248 g/mol. The van der Waals surface area contributed by atoms with Crippen molar-refractivity contribution in [2.45, 2.75) is 12.8 Å². The summed E-state index contributed by atoms with van der Waals surface area (Å²) in [6, 6.07) is 15.9. The van der Waals surface area contributed by atoms with E-state index in [-0.39, 0.29) is 5.63 Å². The predicted octanol–water partition coefficient (Wildman–Crippen LogP) is 3.56. The van der Waals surface area contributed by atoms with Gasteiger partial charge in [0.2, 0.25) is 0 Å². The predicted molar refractivity (Wildman–Crippen MR) is 75.3 cm³/mol. The average molecular weight is 248 g/mol. The lowest BCUT2D eigenvalue weighted by Crippen LogP contribution is -2.10. The third-order valence-corrected chi connectivity index (χ3v) is 3.85. The van der Waals surface area contributed by atoms with Gasteiger partial charge in [-0.3, -0.25) is 0 Å². The maximum Gasteiger partial charge on any atom is 0.344 e. The maximum absolute atomic E-state index is 12.1. The van der Waals surface area contributed by atoms with Gasteiger partial charge in [-0.25, -0.2) is 4.79 Å². The molecule has 2 nitrogen and oxygen atoms in total. The SMILES string of the molecule is O=c1oc2c(c3ccccc13)CCc1ccccc1-2. The molecule has 1 aliphatic carbocycles. The smallest absolute Gasteiger partial charge is 0.344 e. The highest BCUT2D eigenvalue weighted by atomic mass is 16.4. The van der Waals surface area contributed by atoms with E-state index in [9.17, 15) is 4.79 Å². The molecule has 2 aromatic carbocycles. The fourth-order valence-electron chi connectivity index (χ4n) is 2.94. The van der Waals surface area contributed by atoms with Crippen molar-refractivity contribution in [3.8, 4) is 11.3 Å². The fourth-order valence-corrected chi connectivity index (χ4v) is 2.94. The molecule has 4 rings (SSSR count). The van der Waals surface area contributed by atoms with Crippen LogP contribution in [0.25, 0.3) is 22.1 Å². The minimum Gasteiger partial charge on any atom is -0.422 e. The van der Waals surface area contributed by atoms with Crippen LogP contribution in [0.4, 0.5) is 0 Å². The summed E-state index contributed by atoms with van der Waals surface area (Å²) in [4.78, 5) is 12.1. The van der Waals surface area contributed by atoms with Crippen LogP contribution >= 0.6 is 0 Å². The van der Waals surface area contributed by atoms with Gasteiger partial charge in [-0.1, -0.05) is 42.5 Å². The Bertz CT molecular complexity index is 843. The van der Waals surface area contributed by atoms with Crippen molar-refractivity contribution in [1.82, 2.24) is 0 Å². The van der Waals surface area contributed by atoms with Crippen LogP contribution in [0, 0.1) is 0 Å². The molecule has 0 saturated heterocycles. The lowest BCUT2D eigenvalue weighted by molar-refractivity contribution is 0.525. The first-order valence-electron chi connectivity index (χ1n) is 6.47. The van der Waals surface area contributed by atoms with Crippen molar-refractivity contribution < 1.29 is 4.42 Å². The molecule has 19 heavy (non-hydrogen) atoms. The topological polar surface area (TPSA) is 30.2 Å². The lowest BCUT2D eigenvalue weighted by Gasteiger charge is -2.19. The molecule has 1 aromatic heterocycles. The highest BCUT2D eigenvalue weighted by molar-refractivity contribution is 5.89. The molecular formula is C17H12O2. The molecule has 1 heterocycles. The van der Waals surface area contributed by atoms with Crippen molar-refractivity contribution in [2.24, 2.45) is 0 Å². The molecule has 0 amide bonds. The summed E-state index contributed by atoms with van der Waals surface area (Å²) in [5, 5.41) is 1.71. The lowest BCUT2D eigenvalue weighted by atomic mass is 9.88. The molecule has 0 radical (unpaired) electrons. The van der Waals surface area contributed by atoms with Gasteiger partial charge < -0.3 is 4.42 Å². The van der Waals surface area contributed by atoms with E-state index >= 15 is 0 Å². The molecule has 0 aliphatic heterocycles. The normalized spacial score (nSPS) is 13.1. The Labute approximate surface area is 110 Å². The van der Waals surface area contributed by atoms with E-state index in [2.05, 4.69) is 6.07 Å². The number of aryl methyl sites for hydroxylation is 2.